The molecule has 1 unspecified atom stereocenters. The lowest BCUT2D eigenvalue weighted by atomic mass is 9.96. The van der Waals surface area contributed by atoms with Gasteiger partial charge in [-0.05, 0) is 49.7 Å². The number of pyridine rings is 1. The first-order chi connectivity index (χ1) is 17.5. The highest BCUT2D eigenvalue weighted by Gasteiger charge is 2.30. The molecule has 0 bridgehead atoms. The van der Waals surface area contributed by atoms with Crippen LogP contribution in [0.2, 0.25) is 0 Å². The van der Waals surface area contributed by atoms with E-state index in [2.05, 4.69) is 10.3 Å². The van der Waals surface area contributed by atoms with Crippen LogP contribution in [-0.4, -0.2) is 58.3 Å². The number of ether oxygens (including phenoxy) is 1. The first-order valence-corrected chi connectivity index (χ1v) is 12.2. The first kappa shape index (κ1) is 26.6. The number of aromatic nitrogens is 1. The van der Waals surface area contributed by atoms with E-state index < -0.39 is 35.2 Å². The molecule has 0 aliphatic carbocycles. The summed E-state index contributed by atoms with van der Waals surface area (Å²) in [5.41, 5.74) is 4.03. The summed E-state index contributed by atoms with van der Waals surface area (Å²) in [4.78, 5) is 30.4. The van der Waals surface area contributed by atoms with E-state index in [9.17, 15) is 28.6 Å². The Labute approximate surface area is 215 Å². The van der Waals surface area contributed by atoms with Gasteiger partial charge in [-0.2, -0.15) is 0 Å². The van der Waals surface area contributed by atoms with E-state index in [0.29, 0.717) is 26.3 Å². The molecule has 0 saturated carbocycles. The monoisotopic (exact) mass is 532 g/mol. The Morgan fingerprint density at radius 1 is 1.19 bits per heavy atom. The van der Waals surface area contributed by atoms with E-state index in [1.807, 2.05) is 0 Å². The fourth-order valence-electron chi connectivity index (χ4n) is 4.05. The molecule has 3 aromatic rings. The number of nitrogens with zero attached hydrogens (tertiary/aromatic N) is 2. The number of hydrogen-bond acceptors (Lipinski definition) is 8. The lowest BCUT2D eigenvalue weighted by Gasteiger charge is -2.31. The molecule has 0 radical (unpaired) electrons. The molecule has 3 heterocycles. The highest BCUT2D eigenvalue weighted by Crippen LogP contribution is 2.40. The van der Waals surface area contributed by atoms with E-state index in [-0.39, 0.29) is 38.1 Å². The van der Waals surface area contributed by atoms with Crippen molar-refractivity contribution in [2.24, 2.45) is 5.73 Å². The third kappa shape index (κ3) is 5.77. The highest BCUT2D eigenvalue weighted by atomic mass is 32.1. The number of carboxylic acid groups (broad SMARTS) is 1. The van der Waals surface area contributed by atoms with E-state index in [4.69, 9.17) is 10.5 Å². The summed E-state index contributed by atoms with van der Waals surface area (Å²) in [6, 6.07) is 7.13. The number of rotatable bonds is 8. The molecule has 2 aromatic heterocycles. The van der Waals surface area contributed by atoms with Gasteiger partial charge in [-0.15, -0.1) is 11.3 Å². The molecule has 12 heteroatoms. The van der Waals surface area contributed by atoms with Crippen LogP contribution in [0.5, 0.6) is 0 Å². The van der Waals surface area contributed by atoms with Gasteiger partial charge in [0, 0.05) is 18.0 Å². The van der Waals surface area contributed by atoms with Crippen LogP contribution in [0.1, 0.15) is 41.5 Å². The van der Waals surface area contributed by atoms with Crippen molar-refractivity contribution < 1.29 is 33.3 Å². The molecule has 1 atom stereocenters. The maximum absolute atomic E-state index is 14.9. The number of hydrogen-bond donors (Lipinski definition) is 4. The highest BCUT2D eigenvalue weighted by molar-refractivity contribution is 7.20. The van der Waals surface area contributed by atoms with Gasteiger partial charge in [-0.3, -0.25) is 14.5 Å². The van der Waals surface area contributed by atoms with Crippen LogP contribution in [0.15, 0.2) is 36.4 Å². The van der Waals surface area contributed by atoms with Gasteiger partial charge in [-0.1, -0.05) is 6.07 Å². The zero-order valence-corrected chi connectivity index (χ0v) is 20.9. The van der Waals surface area contributed by atoms with Gasteiger partial charge in [0.25, 0.3) is 5.91 Å². The summed E-state index contributed by atoms with van der Waals surface area (Å²) in [5, 5.41) is 23.1. The van der Waals surface area contributed by atoms with E-state index in [1.165, 1.54) is 19.9 Å². The summed E-state index contributed by atoms with van der Waals surface area (Å²) in [6.07, 6.45) is 0. The molecule has 1 aliphatic rings. The summed E-state index contributed by atoms with van der Waals surface area (Å²) >= 11 is 0.888. The number of nitrogens with one attached hydrogen (secondary N) is 1. The van der Waals surface area contributed by atoms with Crippen molar-refractivity contribution in [3.05, 3.63) is 64.9 Å². The molecule has 9 nitrogen and oxygen atoms in total. The van der Waals surface area contributed by atoms with E-state index in [1.54, 1.807) is 23.1 Å². The minimum atomic E-state index is -1.45. The maximum Gasteiger partial charge on any atom is 0.327 e. The topological polar surface area (TPSA) is 138 Å². The number of morpholine rings is 1. The second kappa shape index (κ2) is 10.5. The van der Waals surface area contributed by atoms with Gasteiger partial charge >= 0.3 is 5.97 Å². The number of thiophene rings is 1. The number of amides is 1. The van der Waals surface area contributed by atoms with Crippen molar-refractivity contribution in [2.45, 2.75) is 25.5 Å². The van der Waals surface area contributed by atoms with E-state index in [0.717, 1.165) is 23.5 Å². The number of carbonyl (C=O) groups is 2. The molecule has 4 rings (SSSR count). The quantitative estimate of drug-likeness (QED) is 0.345. The van der Waals surface area contributed by atoms with Gasteiger partial charge in [0.1, 0.15) is 22.5 Å². The van der Waals surface area contributed by atoms with Crippen LogP contribution in [-0.2, 0) is 15.1 Å². The lowest BCUT2D eigenvalue weighted by molar-refractivity contribution is -0.145. The Hall–Kier alpha value is -3.45. The summed E-state index contributed by atoms with van der Waals surface area (Å²) in [7, 11) is 0. The van der Waals surface area contributed by atoms with Crippen molar-refractivity contribution in [1.82, 2.24) is 9.88 Å². The average Bonchev–Trinajstić information content (AvgIpc) is 3.22. The summed E-state index contributed by atoms with van der Waals surface area (Å²) in [5.74, 6) is -3.48. The minimum absolute atomic E-state index is 0.0134. The molecule has 1 amide bonds. The summed E-state index contributed by atoms with van der Waals surface area (Å²) < 4.78 is 35.2. The van der Waals surface area contributed by atoms with Crippen LogP contribution in [0, 0.1) is 11.6 Å². The lowest BCUT2D eigenvalue weighted by Crippen LogP contribution is -2.42. The minimum Gasteiger partial charge on any atom is -0.480 e. The number of aliphatic hydroxyl groups is 1. The number of nitrogens with two attached hydrogens (primary N) is 1. The molecular weight excluding hydrogens is 506 g/mol. The number of aliphatic carboxylic acids is 1. The van der Waals surface area contributed by atoms with Crippen LogP contribution in [0.25, 0.3) is 10.4 Å². The van der Waals surface area contributed by atoms with Crippen molar-refractivity contribution in [3.8, 4) is 10.4 Å². The van der Waals surface area contributed by atoms with Crippen molar-refractivity contribution in [1.29, 1.82) is 0 Å². The van der Waals surface area contributed by atoms with Gasteiger partial charge in [0.15, 0.2) is 6.04 Å². The second-order valence-corrected chi connectivity index (χ2v) is 10.1. The van der Waals surface area contributed by atoms with E-state index >= 15 is 0 Å². The second-order valence-electron chi connectivity index (χ2n) is 9.05. The fraction of sp³-hybridized carbons (Fsp3) is 0.320. The molecule has 1 aromatic carbocycles. The van der Waals surface area contributed by atoms with Gasteiger partial charge in [0.05, 0.1) is 35.6 Å². The zero-order chi connectivity index (χ0) is 26.9. The third-order valence-corrected chi connectivity index (χ3v) is 7.00. The smallest absolute Gasteiger partial charge is 0.327 e. The number of benzene rings is 1. The molecule has 1 saturated heterocycles. The maximum atomic E-state index is 14.9. The zero-order valence-electron chi connectivity index (χ0n) is 20.1. The van der Waals surface area contributed by atoms with Crippen LogP contribution in [0.3, 0.4) is 0 Å². The predicted octanol–water partition coefficient (Wildman–Crippen LogP) is 3.62. The number of carbonyl (C=O) groups excluding carboxylic acids is 1. The van der Waals surface area contributed by atoms with Crippen LogP contribution in [0.4, 0.5) is 19.6 Å². The Kier molecular flexibility index (Phi) is 7.55. The average molecular weight is 533 g/mol. The molecule has 1 fully saturated rings. The Balaban J connectivity index is 1.69. The number of halogens is 2. The molecular formula is C25H26F2N4O5S. The van der Waals surface area contributed by atoms with Gasteiger partial charge in [0.2, 0.25) is 0 Å². The predicted molar refractivity (Wildman–Crippen MR) is 134 cm³/mol. The normalized spacial score (nSPS) is 15.4. The molecule has 196 valence electrons. The van der Waals surface area contributed by atoms with Crippen LogP contribution < -0.4 is 11.1 Å². The molecule has 0 spiro atoms. The van der Waals surface area contributed by atoms with Crippen molar-refractivity contribution >= 4 is 34.0 Å². The largest absolute Gasteiger partial charge is 0.480 e. The summed E-state index contributed by atoms with van der Waals surface area (Å²) in [6.45, 7) is 4.50. The molecule has 5 N–H and O–H groups in total. The van der Waals surface area contributed by atoms with Gasteiger partial charge < -0.3 is 26.0 Å². The van der Waals surface area contributed by atoms with Crippen molar-refractivity contribution in [2.75, 3.05) is 31.6 Å². The van der Waals surface area contributed by atoms with Crippen LogP contribution >= 0.6 is 11.3 Å². The first-order valence-electron chi connectivity index (χ1n) is 11.4. The van der Waals surface area contributed by atoms with Crippen molar-refractivity contribution in [3.63, 3.8) is 0 Å². The number of anilines is 2. The Morgan fingerprint density at radius 2 is 1.84 bits per heavy atom. The fourth-order valence-corrected chi connectivity index (χ4v) is 5.17. The Morgan fingerprint density at radius 3 is 2.41 bits per heavy atom. The third-order valence-electron chi connectivity index (χ3n) is 5.93. The number of carboxylic acids is 1. The SMILES string of the molecule is CC(C)(O)c1cc(F)c(-c2cc(C(N)=O)c(Nc3cccc(C(C(=O)O)N4CCOCC4)n3)s2)c(F)c1. The molecule has 1 aliphatic heterocycles. The molecule has 37 heavy (non-hydrogen) atoms. The number of primary amides is 1. The van der Waals surface area contributed by atoms with Gasteiger partial charge in [-0.25, -0.2) is 13.8 Å². The standard InChI is InChI=1S/C25H26F2N4O5S/c1-25(2,35)13-10-15(26)20(16(27)11-13)18-12-14(22(28)32)23(37-18)30-19-5-3-4-17(29-19)21(24(33)34)31-6-8-36-9-7-31/h3-5,10-12,21,35H,6-9H2,1-2H3,(H2,28,32)(H,29,30)(H,33,34). The Bertz CT molecular complexity index is 1310.